The molecule has 108 valence electrons. The van der Waals surface area contributed by atoms with Crippen molar-refractivity contribution in [3.8, 4) is 11.5 Å². The highest BCUT2D eigenvalue weighted by Crippen LogP contribution is 2.34. The number of nitrogens with one attached hydrogen (secondary N) is 2. The number of rotatable bonds is 2. The predicted octanol–water partition coefficient (Wildman–Crippen LogP) is 3.97. The SMILES string of the molecule is Cc1cc(I)ccc1NC(=O)Nc1ccc2c(c1)OCO2. The number of carbonyl (C=O) groups is 1. The summed E-state index contributed by atoms with van der Waals surface area (Å²) in [5.41, 5.74) is 2.45. The normalized spacial score (nSPS) is 12.1. The van der Waals surface area contributed by atoms with Crippen LogP contribution in [0.3, 0.4) is 0 Å². The molecule has 2 amide bonds. The molecule has 1 aliphatic heterocycles. The van der Waals surface area contributed by atoms with E-state index in [0.29, 0.717) is 17.2 Å². The quantitative estimate of drug-likeness (QED) is 0.756. The molecule has 1 aliphatic rings. The maximum Gasteiger partial charge on any atom is 0.323 e. The van der Waals surface area contributed by atoms with Gasteiger partial charge in [-0.1, -0.05) is 0 Å². The van der Waals surface area contributed by atoms with E-state index in [9.17, 15) is 4.79 Å². The van der Waals surface area contributed by atoms with Crippen molar-refractivity contribution in [2.24, 2.45) is 0 Å². The Morgan fingerprint density at radius 2 is 1.90 bits per heavy atom. The van der Waals surface area contributed by atoms with Gasteiger partial charge in [-0.2, -0.15) is 0 Å². The fraction of sp³-hybridized carbons (Fsp3) is 0.133. The Labute approximate surface area is 135 Å². The van der Waals surface area contributed by atoms with Crippen LogP contribution in [0.25, 0.3) is 0 Å². The molecule has 6 heteroatoms. The second-order valence-electron chi connectivity index (χ2n) is 4.61. The topological polar surface area (TPSA) is 59.6 Å². The van der Waals surface area contributed by atoms with Crippen LogP contribution in [0.5, 0.6) is 11.5 Å². The Hall–Kier alpha value is -1.96. The fourth-order valence-corrected chi connectivity index (χ4v) is 2.67. The molecule has 0 fully saturated rings. The van der Waals surface area contributed by atoms with Gasteiger partial charge in [0, 0.05) is 21.0 Å². The zero-order valence-corrected chi connectivity index (χ0v) is 13.4. The lowest BCUT2D eigenvalue weighted by molar-refractivity contribution is 0.174. The Morgan fingerprint density at radius 1 is 1.10 bits per heavy atom. The number of aryl methyl sites for hydroxylation is 1. The van der Waals surface area contributed by atoms with Crippen molar-refractivity contribution in [1.82, 2.24) is 0 Å². The molecule has 0 radical (unpaired) electrons. The van der Waals surface area contributed by atoms with Crippen molar-refractivity contribution in [1.29, 1.82) is 0 Å². The van der Waals surface area contributed by atoms with Crippen LogP contribution < -0.4 is 20.1 Å². The Balaban J connectivity index is 1.69. The lowest BCUT2D eigenvalue weighted by atomic mass is 10.2. The molecule has 0 bridgehead atoms. The molecule has 0 saturated heterocycles. The summed E-state index contributed by atoms with van der Waals surface area (Å²) in [4.78, 5) is 12.0. The minimum absolute atomic E-state index is 0.215. The van der Waals surface area contributed by atoms with Crippen LogP contribution in [0.15, 0.2) is 36.4 Å². The molecular weight excluding hydrogens is 383 g/mol. The minimum Gasteiger partial charge on any atom is -0.454 e. The largest absolute Gasteiger partial charge is 0.454 e. The van der Waals surface area contributed by atoms with Gasteiger partial charge in [0.15, 0.2) is 11.5 Å². The van der Waals surface area contributed by atoms with E-state index in [1.807, 2.05) is 25.1 Å². The average Bonchev–Trinajstić information content (AvgIpc) is 2.89. The molecule has 0 atom stereocenters. The van der Waals surface area contributed by atoms with Gasteiger partial charge in [-0.15, -0.1) is 0 Å². The maximum atomic E-state index is 12.0. The number of urea groups is 1. The Morgan fingerprint density at radius 3 is 2.71 bits per heavy atom. The van der Waals surface area contributed by atoms with Gasteiger partial charge < -0.3 is 20.1 Å². The van der Waals surface area contributed by atoms with Crippen LogP contribution in [0.2, 0.25) is 0 Å². The average molecular weight is 396 g/mol. The van der Waals surface area contributed by atoms with Crippen LogP contribution >= 0.6 is 22.6 Å². The van der Waals surface area contributed by atoms with Gasteiger partial charge in [0.1, 0.15) is 0 Å². The van der Waals surface area contributed by atoms with E-state index in [1.165, 1.54) is 0 Å². The number of anilines is 2. The van der Waals surface area contributed by atoms with E-state index in [0.717, 1.165) is 14.8 Å². The van der Waals surface area contributed by atoms with Crippen molar-refractivity contribution in [2.45, 2.75) is 6.92 Å². The highest BCUT2D eigenvalue weighted by atomic mass is 127. The van der Waals surface area contributed by atoms with Gasteiger partial charge in [-0.3, -0.25) is 0 Å². The lowest BCUT2D eigenvalue weighted by Gasteiger charge is -2.10. The summed E-state index contributed by atoms with van der Waals surface area (Å²) in [6.07, 6.45) is 0. The van der Waals surface area contributed by atoms with Gasteiger partial charge in [0.2, 0.25) is 6.79 Å². The van der Waals surface area contributed by atoms with Crippen molar-refractivity contribution in [3.63, 3.8) is 0 Å². The smallest absolute Gasteiger partial charge is 0.323 e. The molecule has 0 saturated carbocycles. The number of fused-ring (bicyclic) bond motifs is 1. The minimum atomic E-state index is -0.293. The van der Waals surface area contributed by atoms with Crippen molar-refractivity contribution < 1.29 is 14.3 Å². The van der Waals surface area contributed by atoms with Crippen LogP contribution in [-0.4, -0.2) is 12.8 Å². The summed E-state index contributed by atoms with van der Waals surface area (Å²) >= 11 is 2.24. The third-order valence-electron chi connectivity index (χ3n) is 3.07. The second kappa shape index (κ2) is 5.80. The molecule has 0 aliphatic carbocycles. The van der Waals surface area contributed by atoms with Gasteiger partial charge in [0.05, 0.1) is 0 Å². The predicted molar refractivity (Wildman–Crippen MR) is 89.1 cm³/mol. The molecule has 2 N–H and O–H groups in total. The third kappa shape index (κ3) is 3.21. The molecule has 3 rings (SSSR count). The molecule has 2 aromatic rings. The lowest BCUT2D eigenvalue weighted by Crippen LogP contribution is -2.19. The summed E-state index contributed by atoms with van der Waals surface area (Å²) in [6, 6.07) is 10.8. The van der Waals surface area contributed by atoms with Gasteiger partial charge in [0.25, 0.3) is 0 Å². The highest BCUT2D eigenvalue weighted by molar-refractivity contribution is 14.1. The number of benzene rings is 2. The summed E-state index contributed by atoms with van der Waals surface area (Å²) in [5, 5.41) is 5.60. The Kier molecular flexibility index (Phi) is 3.87. The van der Waals surface area contributed by atoms with E-state index in [-0.39, 0.29) is 12.8 Å². The van der Waals surface area contributed by atoms with Gasteiger partial charge in [-0.05, 0) is 65.4 Å². The number of hydrogen-bond acceptors (Lipinski definition) is 3. The molecule has 0 aromatic heterocycles. The second-order valence-corrected chi connectivity index (χ2v) is 5.85. The first-order valence-corrected chi connectivity index (χ1v) is 7.43. The van der Waals surface area contributed by atoms with E-state index in [4.69, 9.17) is 9.47 Å². The first kappa shape index (κ1) is 14.0. The fourth-order valence-electron chi connectivity index (χ4n) is 2.03. The summed E-state index contributed by atoms with van der Waals surface area (Å²) in [5.74, 6) is 1.33. The highest BCUT2D eigenvalue weighted by Gasteiger charge is 2.14. The van der Waals surface area contributed by atoms with E-state index in [1.54, 1.807) is 18.2 Å². The molecule has 2 aromatic carbocycles. The molecule has 1 heterocycles. The number of halogens is 1. The number of amides is 2. The number of carbonyl (C=O) groups excluding carboxylic acids is 1. The van der Waals surface area contributed by atoms with E-state index < -0.39 is 0 Å². The molecule has 21 heavy (non-hydrogen) atoms. The number of hydrogen-bond donors (Lipinski definition) is 2. The molecule has 5 nitrogen and oxygen atoms in total. The first-order chi connectivity index (χ1) is 10.1. The number of ether oxygens (including phenoxy) is 2. The third-order valence-corrected chi connectivity index (χ3v) is 3.74. The molecule has 0 spiro atoms. The zero-order chi connectivity index (χ0) is 14.8. The summed E-state index contributed by atoms with van der Waals surface area (Å²) in [7, 11) is 0. The standard InChI is InChI=1S/C15H13IN2O3/c1-9-6-10(16)2-4-12(9)18-15(19)17-11-3-5-13-14(7-11)21-8-20-13/h2-7H,8H2,1H3,(H2,17,18,19). The molecular formula is C15H13IN2O3. The van der Waals surface area contributed by atoms with Gasteiger partial charge in [-0.25, -0.2) is 4.79 Å². The Bertz CT molecular complexity index is 703. The van der Waals surface area contributed by atoms with E-state index >= 15 is 0 Å². The van der Waals surface area contributed by atoms with Gasteiger partial charge >= 0.3 is 6.03 Å². The van der Waals surface area contributed by atoms with Crippen LogP contribution in [0.4, 0.5) is 16.2 Å². The van der Waals surface area contributed by atoms with Crippen LogP contribution in [0, 0.1) is 10.5 Å². The van der Waals surface area contributed by atoms with Crippen molar-refractivity contribution >= 4 is 40.0 Å². The monoisotopic (exact) mass is 396 g/mol. The first-order valence-electron chi connectivity index (χ1n) is 6.35. The zero-order valence-electron chi connectivity index (χ0n) is 11.3. The van der Waals surface area contributed by atoms with Crippen molar-refractivity contribution in [2.75, 3.05) is 17.4 Å². The summed E-state index contributed by atoms with van der Waals surface area (Å²) in [6.45, 7) is 2.17. The maximum absolute atomic E-state index is 12.0. The van der Waals surface area contributed by atoms with Crippen LogP contribution in [0.1, 0.15) is 5.56 Å². The van der Waals surface area contributed by atoms with Crippen LogP contribution in [-0.2, 0) is 0 Å². The summed E-state index contributed by atoms with van der Waals surface area (Å²) < 4.78 is 11.6. The van der Waals surface area contributed by atoms with E-state index in [2.05, 4.69) is 33.2 Å². The molecule has 0 unspecified atom stereocenters. The van der Waals surface area contributed by atoms with Crippen molar-refractivity contribution in [3.05, 3.63) is 45.5 Å².